The van der Waals surface area contributed by atoms with Crippen LogP contribution >= 0.6 is 0 Å². The Morgan fingerprint density at radius 1 is 1.36 bits per heavy atom. The highest BCUT2D eigenvalue weighted by Gasteiger charge is 1.95. The minimum Gasteiger partial charge on any atom is -0.496 e. The van der Waals surface area contributed by atoms with Gasteiger partial charge < -0.3 is 4.74 Å². The van der Waals surface area contributed by atoms with Crippen molar-refractivity contribution in [2.75, 3.05) is 14.2 Å². The van der Waals surface area contributed by atoms with Crippen LogP contribution in [-0.4, -0.2) is 20.4 Å². The highest BCUT2D eigenvalue weighted by molar-refractivity contribution is 5.83. The molecule has 0 aliphatic rings. The maximum atomic E-state index is 5.11. The SMILES string of the molecule is C=CC.CN=Cc1ccccc1OC. The van der Waals surface area contributed by atoms with E-state index >= 15 is 0 Å². The van der Waals surface area contributed by atoms with Gasteiger partial charge in [0.1, 0.15) is 5.75 Å². The highest BCUT2D eigenvalue weighted by atomic mass is 16.5. The first kappa shape index (κ1) is 12.4. The molecule has 0 aliphatic heterocycles. The number of ether oxygens (including phenoxy) is 1. The van der Waals surface area contributed by atoms with Gasteiger partial charge in [0.25, 0.3) is 0 Å². The Labute approximate surface area is 85.9 Å². The van der Waals surface area contributed by atoms with Gasteiger partial charge in [-0.25, -0.2) is 0 Å². The third-order valence-electron chi connectivity index (χ3n) is 1.41. The second-order valence-corrected chi connectivity index (χ2v) is 2.54. The minimum atomic E-state index is 0.859. The van der Waals surface area contributed by atoms with E-state index in [2.05, 4.69) is 11.6 Å². The molecule has 0 saturated carbocycles. The second-order valence-electron chi connectivity index (χ2n) is 2.54. The first-order valence-electron chi connectivity index (χ1n) is 4.42. The van der Waals surface area contributed by atoms with Crippen molar-refractivity contribution >= 4 is 6.21 Å². The Morgan fingerprint density at radius 3 is 2.43 bits per heavy atom. The van der Waals surface area contributed by atoms with Gasteiger partial charge in [-0.3, -0.25) is 4.99 Å². The number of hydrogen-bond donors (Lipinski definition) is 0. The average Bonchev–Trinajstić information content (AvgIpc) is 2.20. The second kappa shape index (κ2) is 8.05. The van der Waals surface area contributed by atoms with E-state index < -0.39 is 0 Å². The zero-order chi connectivity index (χ0) is 10.8. The summed E-state index contributed by atoms with van der Waals surface area (Å²) in [7, 11) is 3.40. The third kappa shape index (κ3) is 4.45. The van der Waals surface area contributed by atoms with Crippen LogP contribution in [0.5, 0.6) is 5.75 Å². The molecule has 14 heavy (non-hydrogen) atoms. The predicted molar refractivity (Wildman–Crippen MR) is 62.4 cm³/mol. The molecule has 2 nitrogen and oxygen atoms in total. The van der Waals surface area contributed by atoms with Crippen LogP contribution in [0.4, 0.5) is 0 Å². The maximum absolute atomic E-state index is 5.11. The molecule has 76 valence electrons. The standard InChI is InChI=1S/C9H11NO.C3H6/c1-10-7-8-5-3-4-6-9(8)11-2;1-3-2/h3-7H,1-2H3;3H,1H2,2H3. The van der Waals surface area contributed by atoms with Crippen molar-refractivity contribution in [3.05, 3.63) is 42.5 Å². The molecular weight excluding hydrogens is 174 g/mol. The number of aliphatic imine (C=N–C) groups is 1. The Hall–Kier alpha value is -1.57. The van der Waals surface area contributed by atoms with Crippen molar-refractivity contribution in [1.29, 1.82) is 0 Å². The van der Waals surface area contributed by atoms with E-state index in [1.165, 1.54) is 0 Å². The van der Waals surface area contributed by atoms with Crippen molar-refractivity contribution in [2.45, 2.75) is 6.92 Å². The van der Waals surface area contributed by atoms with E-state index in [4.69, 9.17) is 4.74 Å². The van der Waals surface area contributed by atoms with Crippen molar-refractivity contribution in [3.8, 4) is 5.75 Å². The van der Waals surface area contributed by atoms with Gasteiger partial charge in [-0.1, -0.05) is 18.2 Å². The van der Waals surface area contributed by atoms with Crippen LogP contribution in [0.3, 0.4) is 0 Å². The number of allylic oxidation sites excluding steroid dienone is 1. The topological polar surface area (TPSA) is 21.6 Å². The molecular formula is C12H17NO. The number of rotatable bonds is 2. The molecule has 0 N–H and O–H groups in total. The number of hydrogen-bond acceptors (Lipinski definition) is 2. The minimum absolute atomic E-state index is 0.859. The first-order chi connectivity index (χ1) is 6.79. The molecule has 0 saturated heterocycles. The van der Waals surface area contributed by atoms with E-state index in [1.54, 1.807) is 26.4 Å². The van der Waals surface area contributed by atoms with Crippen LogP contribution in [0.2, 0.25) is 0 Å². The van der Waals surface area contributed by atoms with Gasteiger partial charge in [0, 0.05) is 18.8 Å². The number of methoxy groups -OCH3 is 1. The highest BCUT2D eigenvalue weighted by Crippen LogP contribution is 2.14. The van der Waals surface area contributed by atoms with Crippen LogP contribution in [0.25, 0.3) is 0 Å². The van der Waals surface area contributed by atoms with Gasteiger partial charge >= 0.3 is 0 Å². The molecule has 1 rings (SSSR count). The summed E-state index contributed by atoms with van der Waals surface area (Å²) in [6.07, 6.45) is 3.53. The smallest absolute Gasteiger partial charge is 0.127 e. The molecule has 0 aliphatic carbocycles. The average molecular weight is 191 g/mol. The predicted octanol–water partition coefficient (Wildman–Crippen LogP) is 2.94. The number of para-hydroxylation sites is 1. The van der Waals surface area contributed by atoms with Gasteiger partial charge in [-0.05, 0) is 19.1 Å². The molecule has 0 spiro atoms. The van der Waals surface area contributed by atoms with Gasteiger partial charge in [-0.2, -0.15) is 0 Å². The summed E-state index contributed by atoms with van der Waals surface area (Å²) in [5.74, 6) is 0.859. The van der Waals surface area contributed by atoms with Crippen LogP contribution < -0.4 is 4.74 Å². The lowest BCUT2D eigenvalue weighted by atomic mass is 10.2. The fourth-order valence-corrected chi connectivity index (χ4v) is 0.912. The maximum Gasteiger partial charge on any atom is 0.127 e. The molecule has 0 fully saturated rings. The van der Waals surface area contributed by atoms with Gasteiger partial charge in [-0.15, -0.1) is 6.58 Å². The summed E-state index contributed by atoms with van der Waals surface area (Å²) in [6.45, 7) is 5.25. The van der Waals surface area contributed by atoms with Crippen LogP contribution in [0, 0.1) is 0 Å². The lowest BCUT2D eigenvalue weighted by Crippen LogP contribution is -1.89. The monoisotopic (exact) mass is 191 g/mol. The normalized spacial score (nSPS) is 9.07. The molecule has 0 unspecified atom stereocenters. The van der Waals surface area contributed by atoms with Crippen molar-refractivity contribution in [3.63, 3.8) is 0 Å². The summed E-state index contributed by atoms with van der Waals surface area (Å²) in [5.41, 5.74) is 1.01. The molecule has 1 aromatic rings. The van der Waals surface area contributed by atoms with Gasteiger partial charge in [0.15, 0.2) is 0 Å². The Balaban J connectivity index is 0.000000500. The molecule has 1 aromatic carbocycles. The van der Waals surface area contributed by atoms with Crippen LogP contribution in [0.15, 0.2) is 41.9 Å². The van der Waals surface area contributed by atoms with Crippen molar-refractivity contribution in [1.82, 2.24) is 0 Å². The fourth-order valence-electron chi connectivity index (χ4n) is 0.912. The van der Waals surface area contributed by atoms with E-state index in [9.17, 15) is 0 Å². The lowest BCUT2D eigenvalue weighted by Gasteiger charge is -2.01. The molecule has 0 aromatic heterocycles. The summed E-state index contributed by atoms with van der Waals surface area (Å²) >= 11 is 0. The third-order valence-corrected chi connectivity index (χ3v) is 1.41. The molecule has 0 heterocycles. The van der Waals surface area contributed by atoms with Gasteiger partial charge in [0.05, 0.1) is 7.11 Å². The Bertz CT molecular complexity index is 292. The lowest BCUT2D eigenvalue weighted by molar-refractivity contribution is 0.414. The molecule has 0 atom stereocenters. The summed E-state index contributed by atoms with van der Waals surface area (Å²) in [5, 5.41) is 0. The van der Waals surface area contributed by atoms with E-state index in [-0.39, 0.29) is 0 Å². The zero-order valence-electron chi connectivity index (χ0n) is 9.03. The number of benzene rings is 1. The summed E-state index contributed by atoms with van der Waals surface area (Å²) in [4.78, 5) is 3.91. The number of nitrogens with zero attached hydrogens (tertiary/aromatic N) is 1. The van der Waals surface area contributed by atoms with E-state index in [0.717, 1.165) is 11.3 Å². The first-order valence-corrected chi connectivity index (χ1v) is 4.42. The Morgan fingerprint density at radius 2 is 1.93 bits per heavy atom. The van der Waals surface area contributed by atoms with Crippen LogP contribution in [-0.2, 0) is 0 Å². The molecule has 0 amide bonds. The Kier molecular flexibility index (Phi) is 7.15. The van der Waals surface area contributed by atoms with Crippen molar-refractivity contribution in [2.24, 2.45) is 4.99 Å². The van der Waals surface area contributed by atoms with Crippen molar-refractivity contribution < 1.29 is 4.74 Å². The quantitative estimate of drug-likeness (QED) is 0.520. The van der Waals surface area contributed by atoms with Gasteiger partial charge in [0.2, 0.25) is 0 Å². The largest absolute Gasteiger partial charge is 0.496 e. The fraction of sp³-hybridized carbons (Fsp3) is 0.250. The van der Waals surface area contributed by atoms with E-state index in [1.807, 2.05) is 31.2 Å². The summed E-state index contributed by atoms with van der Waals surface area (Å²) < 4.78 is 5.11. The zero-order valence-corrected chi connectivity index (χ0v) is 9.03. The molecule has 2 heteroatoms. The summed E-state index contributed by atoms with van der Waals surface area (Å²) in [6, 6.07) is 7.77. The van der Waals surface area contributed by atoms with E-state index in [0.29, 0.717) is 0 Å². The van der Waals surface area contributed by atoms with Crippen LogP contribution in [0.1, 0.15) is 12.5 Å². The molecule has 0 radical (unpaired) electrons. The molecule has 0 bridgehead atoms.